The van der Waals surface area contributed by atoms with Gasteiger partial charge >= 0.3 is 0 Å². The van der Waals surface area contributed by atoms with Gasteiger partial charge in [-0.05, 0) is 44.4 Å². The second-order valence-corrected chi connectivity index (χ2v) is 5.85. The topological polar surface area (TPSA) is 46.3 Å². The van der Waals surface area contributed by atoms with Crippen LogP contribution in [0.2, 0.25) is 0 Å². The zero-order valence-electron chi connectivity index (χ0n) is 11.4. The standard InChI is InChI=1S/C14H26N2O.ClH/c1-2-8-16(10-11-6-7-11)14(17)12-4-3-5-13(15)9-12;/h11-13H,2-10,15H2,1H3;1H. The van der Waals surface area contributed by atoms with Crippen molar-refractivity contribution >= 4 is 18.3 Å². The van der Waals surface area contributed by atoms with Crippen molar-refractivity contribution in [2.75, 3.05) is 13.1 Å². The zero-order chi connectivity index (χ0) is 12.3. The maximum Gasteiger partial charge on any atom is 0.225 e. The predicted molar refractivity (Wildman–Crippen MR) is 76.8 cm³/mol. The number of halogens is 1. The van der Waals surface area contributed by atoms with Gasteiger partial charge in [-0.15, -0.1) is 12.4 Å². The Morgan fingerprint density at radius 2 is 2.00 bits per heavy atom. The van der Waals surface area contributed by atoms with Crippen molar-refractivity contribution in [3.63, 3.8) is 0 Å². The summed E-state index contributed by atoms with van der Waals surface area (Å²) in [6, 6.07) is 0.252. The molecule has 4 heteroatoms. The van der Waals surface area contributed by atoms with Gasteiger partial charge in [-0.3, -0.25) is 4.79 Å². The quantitative estimate of drug-likeness (QED) is 0.838. The first-order valence-electron chi connectivity index (χ1n) is 7.25. The van der Waals surface area contributed by atoms with E-state index in [2.05, 4.69) is 11.8 Å². The Labute approximate surface area is 117 Å². The van der Waals surface area contributed by atoms with Crippen LogP contribution in [0.25, 0.3) is 0 Å². The van der Waals surface area contributed by atoms with Crippen molar-refractivity contribution in [3.05, 3.63) is 0 Å². The monoisotopic (exact) mass is 274 g/mol. The summed E-state index contributed by atoms with van der Waals surface area (Å²) in [4.78, 5) is 14.6. The summed E-state index contributed by atoms with van der Waals surface area (Å²) in [7, 11) is 0. The lowest BCUT2D eigenvalue weighted by Crippen LogP contribution is -2.42. The Balaban J connectivity index is 0.00000162. The van der Waals surface area contributed by atoms with E-state index in [-0.39, 0.29) is 24.4 Å². The van der Waals surface area contributed by atoms with Crippen LogP contribution < -0.4 is 5.73 Å². The fourth-order valence-corrected chi connectivity index (χ4v) is 2.88. The molecule has 2 atom stereocenters. The minimum atomic E-state index is 0. The van der Waals surface area contributed by atoms with E-state index in [4.69, 9.17) is 5.73 Å². The average molecular weight is 275 g/mol. The van der Waals surface area contributed by atoms with Crippen LogP contribution in [-0.2, 0) is 4.79 Å². The fraction of sp³-hybridized carbons (Fsp3) is 0.929. The molecule has 0 aromatic rings. The minimum Gasteiger partial charge on any atom is -0.342 e. The molecule has 0 aliphatic heterocycles. The van der Waals surface area contributed by atoms with Crippen LogP contribution in [0, 0.1) is 11.8 Å². The van der Waals surface area contributed by atoms with Crippen LogP contribution >= 0.6 is 12.4 Å². The molecule has 2 unspecified atom stereocenters. The number of carbonyl (C=O) groups excluding carboxylic acids is 1. The lowest BCUT2D eigenvalue weighted by Gasteiger charge is -2.31. The SMILES string of the molecule is CCCN(CC1CC1)C(=O)C1CCCC(N)C1.Cl. The molecule has 0 spiro atoms. The maximum absolute atomic E-state index is 12.5. The summed E-state index contributed by atoms with van der Waals surface area (Å²) in [5, 5.41) is 0. The van der Waals surface area contributed by atoms with Gasteiger partial charge in [0.15, 0.2) is 0 Å². The van der Waals surface area contributed by atoms with Crippen LogP contribution in [0.15, 0.2) is 0 Å². The third-order valence-corrected chi connectivity index (χ3v) is 4.04. The Morgan fingerprint density at radius 1 is 1.28 bits per heavy atom. The molecule has 2 aliphatic rings. The molecular weight excluding hydrogens is 248 g/mol. The number of nitrogens with two attached hydrogens (primary N) is 1. The summed E-state index contributed by atoms with van der Waals surface area (Å²) in [6.07, 6.45) is 7.88. The Kier molecular flexibility index (Phi) is 6.44. The minimum absolute atomic E-state index is 0. The summed E-state index contributed by atoms with van der Waals surface area (Å²) < 4.78 is 0. The van der Waals surface area contributed by atoms with Gasteiger partial charge in [0, 0.05) is 25.0 Å². The van der Waals surface area contributed by atoms with E-state index in [9.17, 15) is 4.79 Å². The van der Waals surface area contributed by atoms with Crippen molar-refractivity contribution in [3.8, 4) is 0 Å². The normalized spacial score (nSPS) is 27.4. The summed E-state index contributed by atoms with van der Waals surface area (Å²) in [5.74, 6) is 1.39. The highest BCUT2D eigenvalue weighted by molar-refractivity contribution is 5.85. The predicted octanol–water partition coefficient (Wildman–Crippen LogP) is 2.57. The molecule has 18 heavy (non-hydrogen) atoms. The number of nitrogens with zero attached hydrogens (tertiary/aromatic N) is 1. The van der Waals surface area contributed by atoms with E-state index in [0.29, 0.717) is 5.91 Å². The summed E-state index contributed by atoms with van der Waals surface area (Å²) in [5.41, 5.74) is 5.98. The van der Waals surface area contributed by atoms with Crippen LogP contribution in [0.5, 0.6) is 0 Å². The first kappa shape index (κ1) is 15.8. The van der Waals surface area contributed by atoms with Crippen molar-refractivity contribution in [1.29, 1.82) is 0 Å². The molecule has 0 bridgehead atoms. The second-order valence-electron chi connectivity index (χ2n) is 5.85. The Bertz CT molecular complexity index is 269. The number of hydrogen-bond acceptors (Lipinski definition) is 2. The van der Waals surface area contributed by atoms with Gasteiger partial charge in [-0.1, -0.05) is 13.3 Å². The summed E-state index contributed by atoms with van der Waals surface area (Å²) >= 11 is 0. The maximum atomic E-state index is 12.5. The number of rotatable bonds is 5. The first-order chi connectivity index (χ1) is 8.20. The van der Waals surface area contributed by atoms with Crippen LogP contribution in [0.3, 0.4) is 0 Å². The summed E-state index contributed by atoms with van der Waals surface area (Å²) in [6.45, 7) is 4.08. The fourth-order valence-electron chi connectivity index (χ4n) is 2.88. The van der Waals surface area contributed by atoms with E-state index in [0.717, 1.165) is 51.1 Å². The van der Waals surface area contributed by atoms with Gasteiger partial charge in [-0.25, -0.2) is 0 Å². The molecule has 3 nitrogen and oxygen atoms in total. The molecule has 0 aromatic heterocycles. The third kappa shape index (κ3) is 4.43. The average Bonchev–Trinajstić information content (AvgIpc) is 3.11. The molecule has 2 rings (SSSR count). The second kappa shape index (κ2) is 7.34. The van der Waals surface area contributed by atoms with Gasteiger partial charge in [0.1, 0.15) is 0 Å². The van der Waals surface area contributed by atoms with Gasteiger partial charge in [0.2, 0.25) is 5.91 Å². The molecule has 0 aromatic carbocycles. The molecule has 1 amide bonds. The van der Waals surface area contributed by atoms with Crippen LogP contribution in [-0.4, -0.2) is 29.9 Å². The number of hydrogen-bond donors (Lipinski definition) is 1. The highest BCUT2D eigenvalue weighted by Gasteiger charge is 2.32. The molecule has 0 radical (unpaired) electrons. The van der Waals surface area contributed by atoms with E-state index in [1.54, 1.807) is 0 Å². The number of carbonyl (C=O) groups is 1. The largest absolute Gasteiger partial charge is 0.342 e. The van der Waals surface area contributed by atoms with Crippen LogP contribution in [0.4, 0.5) is 0 Å². The molecule has 2 aliphatic carbocycles. The Morgan fingerprint density at radius 3 is 2.56 bits per heavy atom. The van der Waals surface area contributed by atoms with E-state index in [1.807, 2.05) is 0 Å². The zero-order valence-corrected chi connectivity index (χ0v) is 12.3. The van der Waals surface area contributed by atoms with E-state index < -0.39 is 0 Å². The highest BCUT2D eigenvalue weighted by atomic mass is 35.5. The van der Waals surface area contributed by atoms with E-state index >= 15 is 0 Å². The van der Waals surface area contributed by atoms with Crippen molar-refractivity contribution in [1.82, 2.24) is 4.90 Å². The third-order valence-electron chi connectivity index (χ3n) is 4.04. The lowest BCUT2D eigenvalue weighted by molar-refractivity contribution is -0.137. The number of amides is 1. The molecule has 0 saturated heterocycles. The molecule has 2 fully saturated rings. The molecular formula is C14H27ClN2O. The Hall–Kier alpha value is -0.280. The van der Waals surface area contributed by atoms with Gasteiger partial charge in [0.05, 0.1) is 0 Å². The first-order valence-corrected chi connectivity index (χ1v) is 7.25. The van der Waals surface area contributed by atoms with Gasteiger partial charge < -0.3 is 10.6 Å². The molecule has 106 valence electrons. The van der Waals surface area contributed by atoms with Crippen molar-refractivity contribution in [2.24, 2.45) is 17.6 Å². The van der Waals surface area contributed by atoms with Gasteiger partial charge in [0.25, 0.3) is 0 Å². The van der Waals surface area contributed by atoms with Crippen molar-refractivity contribution < 1.29 is 4.79 Å². The molecule has 2 N–H and O–H groups in total. The lowest BCUT2D eigenvalue weighted by atomic mass is 9.85. The highest BCUT2D eigenvalue weighted by Crippen LogP contribution is 2.31. The smallest absolute Gasteiger partial charge is 0.225 e. The van der Waals surface area contributed by atoms with Crippen LogP contribution in [0.1, 0.15) is 51.9 Å². The molecule has 0 heterocycles. The van der Waals surface area contributed by atoms with Crippen molar-refractivity contribution in [2.45, 2.75) is 57.9 Å². The van der Waals surface area contributed by atoms with E-state index in [1.165, 1.54) is 12.8 Å². The van der Waals surface area contributed by atoms with Gasteiger partial charge in [-0.2, -0.15) is 0 Å². The molecule has 2 saturated carbocycles.